The summed E-state index contributed by atoms with van der Waals surface area (Å²) in [5, 5.41) is 8.41. The normalized spacial score (nSPS) is 23.7. The molecule has 2 saturated heterocycles. The molecule has 0 bridgehead atoms. The number of carboxylic acids is 1. The number of carboxylic acid groups (broad SMARTS) is 1. The number of carbonyl (C=O) groups excluding carboxylic acids is 1. The summed E-state index contributed by atoms with van der Waals surface area (Å²) in [6, 6.07) is 0. The molecule has 0 radical (unpaired) electrons. The minimum absolute atomic E-state index is 0.147. The first-order valence-corrected chi connectivity index (χ1v) is 5.95. The van der Waals surface area contributed by atoms with Crippen LogP contribution in [-0.4, -0.2) is 49.1 Å². The van der Waals surface area contributed by atoms with Crippen LogP contribution in [0.25, 0.3) is 0 Å². The van der Waals surface area contributed by atoms with Gasteiger partial charge in [0, 0.05) is 11.6 Å². The second-order valence-electron chi connectivity index (χ2n) is 4.17. The second kappa shape index (κ2) is 7.70. The van der Waals surface area contributed by atoms with Crippen LogP contribution in [0.15, 0.2) is 24.3 Å². The van der Waals surface area contributed by atoms with Gasteiger partial charge in [-0.25, -0.2) is 9.59 Å². The van der Waals surface area contributed by atoms with Gasteiger partial charge in [-0.3, -0.25) is 0 Å². The molecule has 2 atom stereocenters. The number of esters is 1. The third-order valence-corrected chi connectivity index (χ3v) is 2.41. The first-order chi connectivity index (χ1) is 9.02. The third-order valence-electron chi connectivity index (χ3n) is 2.41. The molecule has 2 aliphatic heterocycles. The van der Waals surface area contributed by atoms with Crippen molar-refractivity contribution in [1.82, 2.24) is 0 Å². The molecule has 2 rings (SSSR count). The van der Waals surface area contributed by atoms with Crippen molar-refractivity contribution in [3.05, 3.63) is 24.3 Å². The van der Waals surface area contributed by atoms with Crippen molar-refractivity contribution in [2.75, 3.05) is 19.8 Å². The zero-order valence-electron chi connectivity index (χ0n) is 10.8. The number of epoxide rings is 2. The molecule has 0 aliphatic carbocycles. The maximum Gasteiger partial charge on any atom is 0.330 e. The Kier molecular flexibility index (Phi) is 6.24. The van der Waals surface area contributed by atoms with Gasteiger partial charge in [-0.1, -0.05) is 12.7 Å². The van der Waals surface area contributed by atoms with Crippen molar-refractivity contribution in [2.24, 2.45) is 0 Å². The molecule has 6 nitrogen and oxygen atoms in total. The third kappa shape index (κ3) is 8.12. The van der Waals surface area contributed by atoms with Crippen LogP contribution in [0.5, 0.6) is 0 Å². The predicted octanol–water partition coefficient (Wildman–Crippen LogP) is 0.921. The minimum atomic E-state index is -0.847. The molecule has 0 spiro atoms. The van der Waals surface area contributed by atoms with Crippen LogP contribution < -0.4 is 0 Å². The van der Waals surface area contributed by atoms with E-state index < -0.39 is 5.97 Å². The predicted molar refractivity (Wildman–Crippen MR) is 66.6 cm³/mol. The molecule has 2 heterocycles. The standard InChI is InChI=1S/C7H10O3.C6H8O3/c1-5(7(8)9)2-3-6-4-10-6;1-2-6(7)9-4-5-3-8-5/h2,6H,3-4H2,1H3,(H,8,9);2,5H,1,3-4H2. The summed E-state index contributed by atoms with van der Waals surface area (Å²) in [4.78, 5) is 20.6. The van der Waals surface area contributed by atoms with E-state index in [1.165, 1.54) is 0 Å². The van der Waals surface area contributed by atoms with Gasteiger partial charge in [-0.2, -0.15) is 0 Å². The van der Waals surface area contributed by atoms with E-state index in [-0.39, 0.29) is 18.2 Å². The van der Waals surface area contributed by atoms with Crippen LogP contribution in [0.2, 0.25) is 0 Å². The lowest BCUT2D eigenvalue weighted by atomic mass is 10.2. The molecule has 2 aliphatic rings. The molecular weight excluding hydrogens is 252 g/mol. The summed E-state index contributed by atoms with van der Waals surface area (Å²) >= 11 is 0. The maximum absolute atomic E-state index is 10.3. The highest BCUT2D eigenvalue weighted by Gasteiger charge is 2.23. The molecule has 2 fully saturated rings. The average Bonchev–Trinajstić information content (AvgIpc) is 3.27. The van der Waals surface area contributed by atoms with Crippen molar-refractivity contribution in [3.8, 4) is 0 Å². The highest BCUT2D eigenvalue weighted by atomic mass is 16.6. The molecule has 19 heavy (non-hydrogen) atoms. The number of rotatable bonds is 6. The van der Waals surface area contributed by atoms with E-state index in [0.29, 0.717) is 18.8 Å². The van der Waals surface area contributed by atoms with Gasteiger partial charge in [0.05, 0.1) is 19.3 Å². The van der Waals surface area contributed by atoms with Crippen molar-refractivity contribution < 1.29 is 28.9 Å². The summed E-state index contributed by atoms with van der Waals surface area (Å²) in [6.07, 6.45) is 4.00. The van der Waals surface area contributed by atoms with Gasteiger partial charge in [0.2, 0.25) is 0 Å². The lowest BCUT2D eigenvalue weighted by Crippen LogP contribution is -2.06. The second-order valence-corrected chi connectivity index (χ2v) is 4.17. The molecule has 106 valence electrons. The monoisotopic (exact) mass is 270 g/mol. The molecule has 0 aromatic rings. The zero-order valence-corrected chi connectivity index (χ0v) is 10.8. The number of hydrogen-bond donors (Lipinski definition) is 1. The fourth-order valence-electron chi connectivity index (χ4n) is 0.998. The van der Waals surface area contributed by atoms with Gasteiger partial charge >= 0.3 is 11.9 Å². The Morgan fingerprint density at radius 1 is 1.37 bits per heavy atom. The highest BCUT2D eigenvalue weighted by Crippen LogP contribution is 2.14. The van der Waals surface area contributed by atoms with Crippen molar-refractivity contribution >= 4 is 11.9 Å². The number of ether oxygens (including phenoxy) is 3. The minimum Gasteiger partial charge on any atom is -0.478 e. The van der Waals surface area contributed by atoms with E-state index in [1.807, 2.05) is 0 Å². The van der Waals surface area contributed by atoms with Crippen LogP contribution >= 0.6 is 0 Å². The summed E-state index contributed by atoms with van der Waals surface area (Å²) in [5.74, 6) is -1.23. The first kappa shape index (κ1) is 15.4. The molecule has 0 amide bonds. The fraction of sp³-hybridized carbons (Fsp3) is 0.538. The Hall–Kier alpha value is -1.66. The van der Waals surface area contributed by atoms with Crippen LogP contribution in [0.4, 0.5) is 0 Å². The molecule has 6 heteroatoms. The Labute approximate surface area is 111 Å². The van der Waals surface area contributed by atoms with E-state index in [9.17, 15) is 9.59 Å². The molecule has 0 saturated carbocycles. The van der Waals surface area contributed by atoms with E-state index in [2.05, 4.69) is 11.3 Å². The van der Waals surface area contributed by atoms with Crippen molar-refractivity contribution in [2.45, 2.75) is 25.6 Å². The molecule has 2 unspecified atom stereocenters. The lowest BCUT2D eigenvalue weighted by Gasteiger charge is -1.94. The number of hydrogen-bond acceptors (Lipinski definition) is 5. The summed E-state index contributed by atoms with van der Waals surface area (Å²) < 4.78 is 14.3. The zero-order chi connectivity index (χ0) is 14.3. The van der Waals surface area contributed by atoms with Crippen LogP contribution in [0, 0.1) is 0 Å². The SMILES string of the molecule is C=CC(=O)OCC1CO1.CC(=CCC1CO1)C(=O)O. The summed E-state index contributed by atoms with van der Waals surface area (Å²) in [6.45, 7) is 6.69. The first-order valence-electron chi connectivity index (χ1n) is 5.95. The summed E-state index contributed by atoms with van der Waals surface area (Å²) in [5.41, 5.74) is 0.399. The fourth-order valence-corrected chi connectivity index (χ4v) is 0.998. The molecular formula is C13H18O6. The molecule has 0 aromatic heterocycles. The average molecular weight is 270 g/mol. The molecule has 0 aromatic carbocycles. The van der Waals surface area contributed by atoms with Crippen LogP contribution in [0.3, 0.4) is 0 Å². The maximum atomic E-state index is 10.3. The summed E-state index contributed by atoms with van der Waals surface area (Å²) in [7, 11) is 0. The van der Waals surface area contributed by atoms with E-state index in [0.717, 1.165) is 19.1 Å². The number of aliphatic carboxylic acids is 1. The quantitative estimate of drug-likeness (QED) is 0.438. The largest absolute Gasteiger partial charge is 0.478 e. The van der Waals surface area contributed by atoms with Gasteiger partial charge in [0.25, 0.3) is 0 Å². The highest BCUT2D eigenvalue weighted by molar-refractivity contribution is 5.85. The van der Waals surface area contributed by atoms with E-state index >= 15 is 0 Å². The van der Waals surface area contributed by atoms with Gasteiger partial charge in [-0.05, 0) is 13.3 Å². The Balaban J connectivity index is 0.000000191. The van der Waals surface area contributed by atoms with Gasteiger partial charge < -0.3 is 19.3 Å². The Bertz CT molecular complexity index is 365. The van der Waals surface area contributed by atoms with Gasteiger partial charge in [-0.15, -0.1) is 0 Å². The van der Waals surface area contributed by atoms with Gasteiger partial charge in [0.1, 0.15) is 12.7 Å². The van der Waals surface area contributed by atoms with E-state index in [1.54, 1.807) is 13.0 Å². The van der Waals surface area contributed by atoms with Crippen molar-refractivity contribution in [1.29, 1.82) is 0 Å². The Morgan fingerprint density at radius 3 is 2.37 bits per heavy atom. The van der Waals surface area contributed by atoms with Gasteiger partial charge in [0.15, 0.2) is 0 Å². The van der Waals surface area contributed by atoms with Crippen LogP contribution in [-0.2, 0) is 23.8 Å². The molecule has 1 N–H and O–H groups in total. The van der Waals surface area contributed by atoms with Crippen LogP contribution in [0.1, 0.15) is 13.3 Å². The van der Waals surface area contributed by atoms with E-state index in [4.69, 9.17) is 14.6 Å². The Morgan fingerprint density at radius 2 is 1.95 bits per heavy atom. The topological polar surface area (TPSA) is 88.7 Å². The smallest absolute Gasteiger partial charge is 0.330 e. The lowest BCUT2D eigenvalue weighted by molar-refractivity contribution is -0.138. The number of carbonyl (C=O) groups is 2. The van der Waals surface area contributed by atoms with Crippen molar-refractivity contribution in [3.63, 3.8) is 0 Å².